The molecule has 0 bridgehead atoms. The minimum absolute atomic E-state index is 0.138. The first-order valence-electron chi connectivity index (χ1n) is 9.41. The molecule has 2 amide bonds. The molecule has 2 aliphatic rings. The van der Waals surface area contributed by atoms with Crippen molar-refractivity contribution >= 4 is 17.4 Å². The number of hydrogen-bond acceptors (Lipinski definition) is 4. The van der Waals surface area contributed by atoms with Gasteiger partial charge in [-0.2, -0.15) is 0 Å². The van der Waals surface area contributed by atoms with E-state index in [4.69, 9.17) is 0 Å². The van der Waals surface area contributed by atoms with Gasteiger partial charge in [-0.05, 0) is 43.5 Å². The molecule has 0 N–H and O–H groups in total. The lowest BCUT2D eigenvalue weighted by molar-refractivity contribution is -0.138. The van der Waals surface area contributed by atoms with Crippen molar-refractivity contribution in [3.63, 3.8) is 0 Å². The molecule has 5 heteroatoms. The summed E-state index contributed by atoms with van der Waals surface area (Å²) in [5, 5.41) is 0. The Morgan fingerprint density at radius 3 is 2.19 bits per heavy atom. The van der Waals surface area contributed by atoms with Crippen LogP contribution in [-0.4, -0.2) is 66.3 Å². The molecule has 0 spiro atoms. The number of piperazine rings is 1. The first-order chi connectivity index (χ1) is 12.3. The summed E-state index contributed by atoms with van der Waals surface area (Å²) in [5.74, 6) is -0.0434. The molecule has 26 heavy (non-hydrogen) atoms. The summed E-state index contributed by atoms with van der Waals surface area (Å²) in [6.45, 7) is 12.0. The Kier molecular flexibility index (Phi) is 5.19. The fourth-order valence-electron chi connectivity index (χ4n) is 3.57. The van der Waals surface area contributed by atoms with E-state index in [0.29, 0.717) is 17.8 Å². The molecule has 140 valence electrons. The largest absolute Gasteiger partial charge is 0.364 e. The second-order valence-electron chi connectivity index (χ2n) is 7.93. The average Bonchev–Trinajstić information content (AvgIpc) is 2.82. The molecule has 1 saturated heterocycles. The molecule has 1 aromatic rings. The smallest absolute Gasteiger partial charge is 0.277 e. The van der Waals surface area contributed by atoms with E-state index in [2.05, 4.69) is 23.8 Å². The van der Waals surface area contributed by atoms with Gasteiger partial charge in [0.2, 0.25) is 0 Å². The molecule has 3 rings (SSSR count). The lowest BCUT2D eigenvalue weighted by Crippen LogP contribution is -2.46. The third kappa shape index (κ3) is 3.40. The number of hydrogen-bond donors (Lipinski definition) is 0. The van der Waals surface area contributed by atoms with Crippen LogP contribution < -0.4 is 0 Å². The Balaban J connectivity index is 2.06. The van der Waals surface area contributed by atoms with Crippen molar-refractivity contribution in [1.82, 2.24) is 14.7 Å². The standard InChI is InChI=1S/C21H29N3O2/c1-14(2)13-24-20(25)18(17-7-6-15(3)16(4)12-17)19(21(24)26)23-10-8-22(5)9-11-23/h6-7,12,14H,8-11,13H2,1-5H3. The van der Waals surface area contributed by atoms with Crippen LogP contribution in [0.4, 0.5) is 0 Å². The average molecular weight is 355 g/mol. The summed E-state index contributed by atoms with van der Waals surface area (Å²) in [6, 6.07) is 6.03. The highest BCUT2D eigenvalue weighted by molar-refractivity contribution is 6.35. The molecule has 0 saturated carbocycles. The van der Waals surface area contributed by atoms with Crippen LogP contribution in [0.1, 0.15) is 30.5 Å². The Hall–Kier alpha value is -2.14. The number of imide groups is 1. The zero-order valence-electron chi connectivity index (χ0n) is 16.5. The van der Waals surface area contributed by atoms with E-state index in [1.807, 2.05) is 39.0 Å². The molecule has 0 aliphatic carbocycles. The van der Waals surface area contributed by atoms with Gasteiger partial charge in [0.15, 0.2) is 0 Å². The lowest BCUT2D eigenvalue weighted by Gasteiger charge is -2.34. The van der Waals surface area contributed by atoms with E-state index >= 15 is 0 Å². The molecular weight excluding hydrogens is 326 g/mol. The fraction of sp³-hybridized carbons (Fsp3) is 0.524. The third-order valence-corrected chi connectivity index (χ3v) is 5.31. The summed E-state index contributed by atoms with van der Waals surface area (Å²) in [6.07, 6.45) is 0. The second-order valence-corrected chi connectivity index (χ2v) is 7.93. The van der Waals surface area contributed by atoms with Gasteiger partial charge in [-0.3, -0.25) is 14.5 Å². The van der Waals surface area contributed by atoms with E-state index < -0.39 is 0 Å². The summed E-state index contributed by atoms with van der Waals surface area (Å²) in [5.41, 5.74) is 4.34. The van der Waals surface area contributed by atoms with Crippen molar-refractivity contribution in [3.8, 4) is 0 Å². The van der Waals surface area contributed by atoms with Gasteiger partial charge < -0.3 is 9.80 Å². The van der Waals surface area contributed by atoms with Gasteiger partial charge in [0.05, 0.1) is 5.57 Å². The van der Waals surface area contributed by atoms with Gasteiger partial charge in [-0.25, -0.2) is 0 Å². The quantitative estimate of drug-likeness (QED) is 0.778. The molecule has 2 aliphatic heterocycles. The van der Waals surface area contributed by atoms with Gasteiger partial charge in [-0.1, -0.05) is 32.0 Å². The van der Waals surface area contributed by atoms with Crippen molar-refractivity contribution in [2.24, 2.45) is 5.92 Å². The minimum atomic E-state index is -0.152. The summed E-state index contributed by atoms with van der Waals surface area (Å²) in [7, 11) is 2.09. The highest BCUT2D eigenvalue weighted by atomic mass is 16.2. The maximum atomic E-state index is 13.2. The fourth-order valence-corrected chi connectivity index (χ4v) is 3.57. The molecule has 0 aromatic heterocycles. The predicted molar refractivity (Wildman–Crippen MR) is 103 cm³/mol. The molecule has 5 nitrogen and oxygen atoms in total. The first kappa shape index (κ1) is 18.6. The Morgan fingerprint density at radius 2 is 1.62 bits per heavy atom. The van der Waals surface area contributed by atoms with Gasteiger partial charge in [0, 0.05) is 32.7 Å². The van der Waals surface area contributed by atoms with E-state index in [9.17, 15) is 9.59 Å². The molecule has 2 heterocycles. The number of rotatable bonds is 4. The van der Waals surface area contributed by atoms with Crippen LogP contribution in [0.5, 0.6) is 0 Å². The van der Waals surface area contributed by atoms with Crippen LogP contribution in [-0.2, 0) is 9.59 Å². The van der Waals surface area contributed by atoms with Crippen LogP contribution in [0.15, 0.2) is 23.9 Å². The number of amides is 2. The summed E-state index contributed by atoms with van der Waals surface area (Å²) in [4.78, 5) is 32.1. The van der Waals surface area contributed by atoms with Crippen molar-refractivity contribution in [3.05, 3.63) is 40.6 Å². The van der Waals surface area contributed by atoms with Gasteiger partial charge in [0.1, 0.15) is 5.70 Å². The molecule has 0 atom stereocenters. The van der Waals surface area contributed by atoms with Crippen LogP contribution in [0.3, 0.4) is 0 Å². The normalized spacial score (nSPS) is 19.3. The summed E-state index contributed by atoms with van der Waals surface area (Å²) < 4.78 is 0. The molecule has 1 aromatic carbocycles. The zero-order valence-corrected chi connectivity index (χ0v) is 16.5. The van der Waals surface area contributed by atoms with Crippen molar-refractivity contribution in [1.29, 1.82) is 0 Å². The minimum Gasteiger partial charge on any atom is -0.364 e. The first-order valence-corrected chi connectivity index (χ1v) is 9.41. The number of carbonyl (C=O) groups is 2. The number of likely N-dealkylation sites (N-methyl/N-ethyl adjacent to an activating group) is 1. The van der Waals surface area contributed by atoms with Crippen LogP contribution >= 0.6 is 0 Å². The van der Waals surface area contributed by atoms with Gasteiger partial charge in [-0.15, -0.1) is 0 Å². The Morgan fingerprint density at radius 1 is 0.962 bits per heavy atom. The van der Waals surface area contributed by atoms with E-state index in [-0.39, 0.29) is 17.7 Å². The van der Waals surface area contributed by atoms with Gasteiger partial charge in [0.25, 0.3) is 11.8 Å². The third-order valence-electron chi connectivity index (χ3n) is 5.31. The monoisotopic (exact) mass is 355 g/mol. The van der Waals surface area contributed by atoms with Crippen LogP contribution in [0, 0.1) is 19.8 Å². The number of nitrogens with zero attached hydrogens (tertiary/aromatic N) is 3. The maximum Gasteiger partial charge on any atom is 0.277 e. The topological polar surface area (TPSA) is 43.9 Å². The zero-order chi connectivity index (χ0) is 19.0. The van der Waals surface area contributed by atoms with E-state index in [0.717, 1.165) is 37.3 Å². The Bertz CT molecular complexity index is 759. The highest BCUT2D eigenvalue weighted by Gasteiger charge is 2.42. The van der Waals surface area contributed by atoms with Crippen molar-refractivity contribution in [2.75, 3.05) is 39.8 Å². The predicted octanol–water partition coefficient (Wildman–Crippen LogP) is 2.29. The van der Waals surface area contributed by atoms with E-state index in [1.165, 1.54) is 10.5 Å². The van der Waals surface area contributed by atoms with Gasteiger partial charge >= 0.3 is 0 Å². The van der Waals surface area contributed by atoms with Crippen molar-refractivity contribution in [2.45, 2.75) is 27.7 Å². The molecule has 1 fully saturated rings. The van der Waals surface area contributed by atoms with Crippen LogP contribution in [0.25, 0.3) is 5.57 Å². The SMILES string of the molecule is Cc1ccc(C2=C(N3CCN(C)CC3)C(=O)N(CC(C)C)C2=O)cc1C. The summed E-state index contributed by atoms with van der Waals surface area (Å²) >= 11 is 0. The van der Waals surface area contributed by atoms with Crippen LogP contribution in [0.2, 0.25) is 0 Å². The molecule has 0 radical (unpaired) electrons. The number of benzene rings is 1. The lowest BCUT2D eigenvalue weighted by atomic mass is 9.99. The maximum absolute atomic E-state index is 13.2. The molecule has 0 unspecified atom stereocenters. The number of carbonyl (C=O) groups excluding carboxylic acids is 2. The van der Waals surface area contributed by atoms with E-state index in [1.54, 1.807) is 0 Å². The Labute approximate surface area is 156 Å². The second kappa shape index (κ2) is 7.23. The number of aryl methyl sites for hydroxylation is 2. The molecular formula is C21H29N3O2. The van der Waals surface area contributed by atoms with Crippen molar-refractivity contribution < 1.29 is 9.59 Å². The highest BCUT2D eigenvalue weighted by Crippen LogP contribution is 2.33.